The number of hydrogen-bond acceptors (Lipinski definition) is 6. The number of furan rings is 4. The molecule has 0 aliphatic heterocycles. The van der Waals surface area contributed by atoms with Gasteiger partial charge in [-0.2, -0.15) is 0 Å². The van der Waals surface area contributed by atoms with E-state index in [-0.39, 0.29) is 0 Å². The Balaban J connectivity index is 0.000000148. The van der Waals surface area contributed by atoms with Gasteiger partial charge in [0.2, 0.25) is 0 Å². The summed E-state index contributed by atoms with van der Waals surface area (Å²) in [5.41, 5.74) is 36.4. The van der Waals surface area contributed by atoms with Gasteiger partial charge in [-0.05, 0) is 287 Å². The molecule has 4 aromatic heterocycles. The average Bonchev–Trinajstić information content (AvgIpc) is 1.42. The zero-order valence-electron chi connectivity index (χ0n) is 68.6. The lowest BCUT2D eigenvalue weighted by molar-refractivity contribution is 0.668. The monoisotopic (exact) mass is 1610 g/mol. The molecule has 6 nitrogen and oxygen atoms in total. The Morgan fingerprint density at radius 1 is 0.111 bits per heavy atom. The molecule has 24 aromatic rings. The Bertz CT molecular complexity index is 8030. The zero-order chi connectivity index (χ0) is 83.4. The van der Waals surface area contributed by atoms with E-state index >= 15 is 0 Å². The van der Waals surface area contributed by atoms with Crippen molar-refractivity contribution in [2.75, 3.05) is 9.80 Å². The van der Waals surface area contributed by atoms with Crippen molar-refractivity contribution in [1.82, 2.24) is 0 Å². The van der Waals surface area contributed by atoms with E-state index in [1.165, 1.54) is 22.3 Å². The SMILES string of the molecule is c1ccc(-c2ccc(N(c3cccc(-c4ccccc4)c3)c3cccc(-c4cccc(-c5cc(-c6ccc7c(c6)oc6ccccc67)cc(-c6ccc7c(c6)oc6ccccc67)c5)c4)c3)cc2)cc1.c1ccc(N(c2ccccc2)c2cccc(-c3ccc(-c4ccc(-c5ccc6c(c5)oc5ccccc56)cc4-c4ccc5c(c4)oc4ccccc45)cc3)c2)cc1. The molecule has 6 heteroatoms. The Hall–Kier alpha value is -16.8. The summed E-state index contributed by atoms with van der Waals surface area (Å²) in [6.07, 6.45) is 0. The predicted molar refractivity (Wildman–Crippen MR) is 526 cm³/mol. The van der Waals surface area contributed by atoms with Crippen LogP contribution in [0.4, 0.5) is 34.1 Å². The molecule has 592 valence electrons. The van der Waals surface area contributed by atoms with Gasteiger partial charge in [0, 0.05) is 77.2 Å². The number of benzene rings is 20. The second-order valence-corrected chi connectivity index (χ2v) is 32.2. The van der Waals surface area contributed by atoms with Gasteiger partial charge in [-0.15, -0.1) is 0 Å². The summed E-state index contributed by atoms with van der Waals surface area (Å²) < 4.78 is 25.5. The van der Waals surface area contributed by atoms with Gasteiger partial charge in [-0.1, -0.05) is 297 Å². The van der Waals surface area contributed by atoms with E-state index in [0.29, 0.717) is 0 Å². The van der Waals surface area contributed by atoms with Crippen LogP contribution in [0.2, 0.25) is 0 Å². The van der Waals surface area contributed by atoms with Crippen molar-refractivity contribution >= 4 is 122 Å². The number of rotatable bonds is 16. The van der Waals surface area contributed by atoms with Crippen LogP contribution >= 0.6 is 0 Å². The maximum Gasteiger partial charge on any atom is 0.136 e. The van der Waals surface area contributed by atoms with Gasteiger partial charge >= 0.3 is 0 Å². The second-order valence-electron chi connectivity index (χ2n) is 32.2. The van der Waals surface area contributed by atoms with Crippen LogP contribution in [-0.2, 0) is 0 Å². The summed E-state index contributed by atoms with van der Waals surface area (Å²) in [6, 6.07) is 169. The third kappa shape index (κ3) is 14.2. The molecule has 126 heavy (non-hydrogen) atoms. The number of fused-ring (bicyclic) bond motifs is 12. The van der Waals surface area contributed by atoms with Crippen molar-refractivity contribution in [1.29, 1.82) is 0 Å². The molecule has 0 unspecified atom stereocenters. The number of anilines is 6. The van der Waals surface area contributed by atoms with Gasteiger partial charge in [-0.25, -0.2) is 0 Å². The van der Waals surface area contributed by atoms with Crippen LogP contribution in [0.25, 0.3) is 199 Å². The lowest BCUT2D eigenvalue weighted by atomic mass is 9.90. The maximum atomic E-state index is 6.40. The van der Waals surface area contributed by atoms with Crippen LogP contribution in [0.15, 0.2) is 491 Å². The number of hydrogen-bond donors (Lipinski definition) is 0. The maximum absolute atomic E-state index is 6.40. The van der Waals surface area contributed by atoms with Crippen molar-refractivity contribution < 1.29 is 17.7 Å². The first kappa shape index (κ1) is 74.3. The predicted octanol–water partition coefficient (Wildman–Crippen LogP) is 34.6. The molecular weight excluding hydrogens is 1530 g/mol. The largest absolute Gasteiger partial charge is 0.456 e. The van der Waals surface area contributed by atoms with Gasteiger partial charge in [0.05, 0.1) is 0 Å². The van der Waals surface area contributed by atoms with E-state index < -0.39 is 0 Å². The molecule has 0 fully saturated rings. The van der Waals surface area contributed by atoms with Gasteiger partial charge in [0.15, 0.2) is 0 Å². The summed E-state index contributed by atoms with van der Waals surface area (Å²) in [4.78, 5) is 4.67. The molecule has 0 aliphatic carbocycles. The first-order chi connectivity index (χ1) is 62.4. The second kappa shape index (κ2) is 32.0. The van der Waals surface area contributed by atoms with Crippen LogP contribution < -0.4 is 9.80 Å². The highest BCUT2D eigenvalue weighted by Gasteiger charge is 2.22. The van der Waals surface area contributed by atoms with E-state index in [1.807, 2.05) is 48.5 Å². The molecule has 0 atom stereocenters. The van der Waals surface area contributed by atoms with Crippen molar-refractivity contribution in [3.8, 4) is 111 Å². The molecule has 0 N–H and O–H groups in total. The van der Waals surface area contributed by atoms with Crippen LogP contribution in [0.3, 0.4) is 0 Å². The lowest BCUT2D eigenvalue weighted by Gasteiger charge is -2.27. The van der Waals surface area contributed by atoms with Gasteiger partial charge in [0.25, 0.3) is 0 Å². The van der Waals surface area contributed by atoms with Crippen LogP contribution in [0.5, 0.6) is 0 Å². The van der Waals surface area contributed by atoms with E-state index in [0.717, 1.165) is 211 Å². The minimum absolute atomic E-state index is 0.874. The fraction of sp³-hybridized carbons (Fsp3) is 0. The molecule has 24 rings (SSSR count). The summed E-state index contributed by atoms with van der Waals surface area (Å²) in [5.74, 6) is 0. The van der Waals surface area contributed by atoms with Crippen molar-refractivity contribution in [3.63, 3.8) is 0 Å². The normalized spacial score (nSPS) is 11.5. The number of nitrogens with zero attached hydrogens (tertiary/aromatic N) is 2. The highest BCUT2D eigenvalue weighted by molar-refractivity contribution is 6.10. The van der Waals surface area contributed by atoms with E-state index in [9.17, 15) is 0 Å². The minimum Gasteiger partial charge on any atom is -0.456 e. The fourth-order valence-electron chi connectivity index (χ4n) is 18.3. The Kier molecular flexibility index (Phi) is 18.8. The van der Waals surface area contributed by atoms with E-state index in [1.54, 1.807) is 0 Å². The van der Waals surface area contributed by atoms with Gasteiger partial charge < -0.3 is 27.5 Å². The van der Waals surface area contributed by atoms with Crippen LogP contribution in [-0.4, -0.2) is 0 Å². The van der Waals surface area contributed by atoms with Crippen LogP contribution in [0.1, 0.15) is 0 Å². The highest BCUT2D eigenvalue weighted by atomic mass is 16.3. The van der Waals surface area contributed by atoms with E-state index in [2.05, 4.69) is 434 Å². The molecule has 0 aliphatic rings. The van der Waals surface area contributed by atoms with E-state index in [4.69, 9.17) is 17.7 Å². The minimum atomic E-state index is 0.874. The molecule has 0 radical (unpaired) electrons. The Morgan fingerprint density at radius 2 is 0.341 bits per heavy atom. The molecule has 0 amide bonds. The standard InChI is InChI=1S/C66H43NO2.C54H35NO2/c1-3-14-44(15-4-1)46-28-32-56(33-29-46)67(57-22-12-20-49(40-57)45-16-5-2-6-17-45)58-23-13-21-50(41-58)47-18-11-19-48(36-47)53-37-54(51-30-34-61-59-24-7-9-26-63(59)68-65(61)42-51)39-55(38-53)52-31-35-62-60-25-8-10-27-64(60)69-66(62)43-52;1-3-13-42(14-4-1)55(43-15-5-2-6-16-43)44-17-11-12-38(32-44)36-22-24-37(25-23-36)45-29-26-39(40-27-30-48-46-18-7-9-20-51(46)56-53(48)34-40)33-50(45)41-28-31-49-47-19-8-10-21-52(47)57-54(49)35-41/h1-43H;1-35H. The molecule has 4 heterocycles. The molecule has 20 aromatic carbocycles. The third-order valence-corrected chi connectivity index (χ3v) is 24.5. The summed E-state index contributed by atoms with van der Waals surface area (Å²) in [6.45, 7) is 0. The molecular formula is C120H78N2O4. The smallest absolute Gasteiger partial charge is 0.136 e. The van der Waals surface area contributed by atoms with Crippen LogP contribution in [0, 0.1) is 0 Å². The molecule has 0 bridgehead atoms. The van der Waals surface area contributed by atoms with Gasteiger partial charge in [0.1, 0.15) is 44.7 Å². The summed E-state index contributed by atoms with van der Waals surface area (Å²) >= 11 is 0. The molecule has 0 saturated carbocycles. The molecule has 0 spiro atoms. The Morgan fingerprint density at radius 3 is 0.770 bits per heavy atom. The first-order valence-electron chi connectivity index (χ1n) is 42.8. The summed E-state index contributed by atoms with van der Waals surface area (Å²) in [5, 5.41) is 8.98. The van der Waals surface area contributed by atoms with Crippen molar-refractivity contribution in [2.45, 2.75) is 0 Å². The zero-order valence-corrected chi connectivity index (χ0v) is 68.6. The average molecular weight is 1610 g/mol. The number of para-hydroxylation sites is 6. The summed E-state index contributed by atoms with van der Waals surface area (Å²) in [7, 11) is 0. The highest BCUT2D eigenvalue weighted by Crippen LogP contribution is 2.47. The van der Waals surface area contributed by atoms with Crippen molar-refractivity contribution in [3.05, 3.63) is 473 Å². The Labute approximate surface area is 728 Å². The van der Waals surface area contributed by atoms with Gasteiger partial charge in [-0.3, -0.25) is 0 Å². The van der Waals surface area contributed by atoms with Crippen molar-refractivity contribution in [2.24, 2.45) is 0 Å². The lowest BCUT2D eigenvalue weighted by Crippen LogP contribution is -2.10. The third-order valence-electron chi connectivity index (χ3n) is 24.5. The first-order valence-corrected chi connectivity index (χ1v) is 42.8. The topological polar surface area (TPSA) is 59.0 Å². The quantitative estimate of drug-likeness (QED) is 0.0961. The fourth-order valence-corrected chi connectivity index (χ4v) is 18.3. The molecule has 0 saturated heterocycles.